The zero-order valence-electron chi connectivity index (χ0n) is 59.7. The van der Waals surface area contributed by atoms with Gasteiger partial charge in [0.25, 0.3) is 0 Å². The zero-order chi connectivity index (χ0) is 68.6. The molecule has 30 nitrogen and oxygen atoms in total. The van der Waals surface area contributed by atoms with Crippen LogP contribution in [0.15, 0.2) is 0 Å². The summed E-state index contributed by atoms with van der Waals surface area (Å²) < 4.78 is 165. The van der Waals surface area contributed by atoms with Crippen LogP contribution in [0.1, 0.15) is 33.6 Å². The molecule has 0 aliphatic carbocycles. The summed E-state index contributed by atoms with van der Waals surface area (Å²) in [5.74, 6) is 0.658. The highest BCUT2D eigenvalue weighted by molar-refractivity contribution is 4.46. The van der Waals surface area contributed by atoms with E-state index < -0.39 is 0 Å². The summed E-state index contributed by atoms with van der Waals surface area (Å²) >= 11 is 0. The van der Waals surface area contributed by atoms with Crippen molar-refractivity contribution in [3.63, 3.8) is 0 Å². The maximum absolute atomic E-state index is 5.54. The van der Waals surface area contributed by atoms with Crippen LogP contribution in [-0.2, 0) is 142 Å². The molecule has 578 valence electrons. The summed E-state index contributed by atoms with van der Waals surface area (Å²) in [7, 11) is 0. The SMILES string of the molecule is CCCOCCOCCOCCOCCOCCOCCOCCOCCOCCOCCOCCOCCOCCOCCOCCOCCOCCOCCOCCOCCOCCOCCOCCOCCOCCOCCOCCOCCOCCOCCC(C)C. The minimum atomic E-state index is 0.482. The van der Waals surface area contributed by atoms with Crippen molar-refractivity contribution < 1.29 is 142 Å². The van der Waals surface area contributed by atoms with E-state index in [2.05, 4.69) is 20.8 Å². The summed E-state index contributed by atoms with van der Waals surface area (Å²) in [5, 5.41) is 0. The number of hydrogen-bond donors (Lipinski definition) is 0. The number of ether oxygens (including phenoxy) is 30. The van der Waals surface area contributed by atoms with Crippen LogP contribution in [0, 0.1) is 5.92 Å². The Morgan fingerprint density at radius 2 is 0.188 bits per heavy atom. The molecule has 0 aromatic carbocycles. The van der Waals surface area contributed by atoms with Crippen molar-refractivity contribution in [2.45, 2.75) is 33.6 Å². The molecular weight excluding hydrogens is 1270 g/mol. The molecule has 0 aliphatic rings. The van der Waals surface area contributed by atoms with Crippen molar-refractivity contribution in [2.75, 3.05) is 396 Å². The van der Waals surface area contributed by atoms with E-state index in [1.165, 1.54) is 0 Å². The highest BCUT2D eigenvalue weighted by Crippen LogP contribution is 1.99. The Hall–Kier alpha value is -1.20. The second-order valence-corrected chi connectivity index (χ2v) is 20.6. The van der Waals surface area contributed by atoms with Crippen LogP contribution in [0.4, 0.5) is 0 Å². The Balaban J connectivity index is 3.09. The Morgan fingerprint density at radius 3 is 0.260 bits per heavy atom. The first-order valence-electron chi connectivity index (χ1n) is 35.1. The van der Waals surface area contributed by atoms with Gasteiger partial charge in [0.15, 0.2) is 0 Å². The lowest BCUT2D eigenvalue weighted by Crippen LogP contribution is -2.16. The zero-order valence-corrected chi connectivity index (χ0v) is 59.7. The fourth-order valence-corrected chi connectivity index (χ4v) is 6.94. The van der Waals surface area contributed by atoms with Gasteiger partial charge in [-0.1, -0.05) is 20.8 Å². The molecule has 0 amide bonds. The van der Waals surface area contributed by atoms with Crippen molar-refractivity contribution in [3.8, 4) is 0 Å². The van der Waals surface area contributed by atoms with E-state index in [-0.39, 0.29) is 0 Å². The Kier molecular flexibility index (Phi) is 90.7. The van der Waals surface area contributed by atoms with Gasteiger partial charge < -0.3 is 142 Å². The van der Waals surface area contributed by atoms with Gasteiger partial charge in [-0.15, -0.1) is 0 Å². The van der Waals surface area contributed by atoms with Crippen LogP contribution in [0.3, 0.4) is 0 Å². The molecular formula is C66H134O30. The van der Waals surface area contributed by atoms with Gasteiger partial charge in [-0.2, -0.15) is 0 Å². The molecule has 0 aliphatic heterocycles. The number of hydrogen-bond acceptors (Lipinski definition) is 30. The van der Waals surface area contributed by atoms with E-state index in [1.54, 1.807) is 0 Å². The molecule has 0 saturated heterocycles. The molecule has 0 radical (unpaired) electrons. The molecule has 96 heavy (non-hydrogen) atoms. The first kappa shape index (κ1) is 94.8. The van der Waals surface area contributed by atoms with Crippen LogP contribution >= 0.6 is 0 Å². The second kappa shape index (κ2) is 91.8. The van der Waals surface area contributed by atoms with Gasteiger partial charge >= 0.3 is 0 Å². The summed E-state index contributed by atoms with van der Waals surface area (Å²) in [5.41, 5.74) is 0. The standard InChI is InChI=1S/C66H134O30/c1-4-6-67-8-10-69-12-14-71-16-18-73-20-22-75-24-26-77-28-30-79-32-34-81-36-38-83-40-42-85-44-46-87-48-50-89-52-54-91-56-58-93-60-62-95-64-65-96-63-61-94-59-57-92-55-53-90-51-49-88-47-45-86-43-41-84-39-37-82-35-33-80-31-29-78-27-25-76-23-21-74-19-17-72-15-13-70-11-9-68-7-5-66(2)3/h66H,4-65H2,1-3H3. The van der Waals surface area contributed by atoms with E-state index in [1.807, 2.05) is 0 Å². The third kappa shape index (κ3) is 92.8. The van der Waals surface area contributed by atoms with Gasteiger partial charge in [0, 0.05) is 13.2 Å². The maximum Gasteiger partial charge on any atom is 0.0701 e. The maximum atomic E-state index is 5.54. The molecule has 0 unspecified atom stereocenters. The molecule has 0 fully saturated rings. The summed E-state index contributed by atoms with van der Waals surface area (Å²) in [6.07, 6.45) is 2.09. The van der Waals surface area contributed by atoms with Gasteiger partial charge in [-0.3, -0.25) is 0 Å². The Bertz CT molecular complexity index is 1330. The van der Waals surface area contributed by atoms with Crippen LogP contribution in [0.25, 0.3) is 0 Å². The summed E-state index contributed by atoms with van der Waals surface area (Å²) in [4.78, 5) is 0. The Morgan fingerprint density at radius 1 is 0.115 bits per heavy atom. The van der Waals surface area contributed by atoms with Crippen LogP contribution < -0.4 is 0 Å². The molecule has 0 rings (SSSR count). The van der Waals surface area contributed by atoms with Crippen molar-refractivity contribution in [3.05, 3.63) is 0 Å². The smallest absolute Gasteiger partial charge is 0.0701 e. The topological polar surface area (TPSA) is 277 Å². The van der Waals surface area contributed by atoms with E-state index >= 15 is 0 Å². The lowest BCUT2D eigenvalue weighted by atomic mass is 10.1. The Labute approximate surface area is 576 Å². The third-order valence-corrected chi connectivity index (χ3v) is 12.0. The molecule has 30 heteroatoms. The van der Waals surface area contributed by atoms with Crippen LogP contribution in [-0.4, -0.2) is 396 Å². The first-order valence-corrected chi connectivity index (χ1v) is 35.1. The second-order valence-electron chi connectivity index (χ2n) is 20.6. The monoisotopic (exact) mass is 1410 g/mol. The molecule has 0 aromatic heterocycles. The average Bonchev–Trinajstić information content (AvgIpc) is 3.60. The summed E-state index contributed by atoms with van der Waals surface area (Å²) in [6.45, 7) is 37.2. The first-order chi connectivity index (χ1) is 47.8. The normalized spacial score (nSPS) is 11.9. The van der Waals surface area contributed by atoms with Crippen LogP contribution in [0.5, 0.6) is 0 Å². The minimum absolute atomic E-state index is 0.482. The fraction of sp³-hybridized carbons (Fsp3) is 1.00. The molecule has 0 N–H and O–H groups in total. The van der Waals surface area contributed by atoms with Crippen molar-refractivity contribution in [1.29, 1.82) is 0 Å². The molecule has 0 aromatic rings. The average molecular weight is 1410 g/mol. The predicted molar refractivity (Wildman–Crippen MR) is 354 cm³/mol. The van der Waals surface area contributed by atoms with Crippen molar-refractivity contribution >= 4 is 0 Å². The van der Waals surface area contributed by atoms with E-state index in [4.69, 9.17) is 142 Å². The molecule has 0 bridgehead atoms. The van der Waals surface area contributed by atoms with Gasteiger partial charge in [0.2, 0.25) is 0 Å². The van der Waals surface area contributed by atoms with Gasteiger partial charge in [-0.05, 0) is 18.8 Å². The molecule has 0 heterocycles. The highest BCUT2D eigenvalue weighted by Gasteiger charge is 2.03. The fourth-order valence-electron chi connectivity index (χ4n) is 6.94. The van der Waals surface area contributed by atoms with E-state index in [9.17, 15) is 0 Å². The molecule has 0 atom stereocenters. The summed E-state index contributed by atoms with van der Waals surface area (Å²) in [6, 6.07) is 0. The lowest BCUT2D eigenvalue weighted by Gasteiger charge is -2.09. The van der Waals surface area contributed by atoms with E-state index in [0.717, 1.165) is 26.1 Å². The van der Waals surface area contributed by atoms with Crippen LogP contribution in [0.2, 0.25) is 0 Å². The van der Waals surface area contributed by atoms with Gasteiger partial charge in [0.1, 0.15) is 0 Å². The predicted octanol–water partition coefficient (Wildman–Crippen LogP) is 2.94. The van der Waals surface area contributed by atoms with Crippen molar-refractivity contribution in [2.24, 2.45) is 5.92 Å². The lowest BCUT2D eigenvalue weighted by molar-refractivity contribution is -0.0324. The largest absolute Gasteiger partial charge is 0.379 e. The minimum Gasteiger partial charge on any atom is -0.379 e. The number of rotatable bonds is 92. The van der Waals surface area contributed by atoms with Gasteiger partial charge in [0.05, 0.1) is 383 Å². The molecule has 0 spiro atoms. The third-order valence-electron chi connectivity index (χ3n) is 12.0. The van der Waals surface area contributed by atoms with Gasteiger partial charge in [-0.25, -0.2) is 0 Å². The van der Waals surface area contributed by atoms with E-state index in [0.29, 0.717) is 389 Å². The van der Waals surface area contributed by atoms with Crippen molar-refractivity contribution in [1.82, 2.24) is 0 Å². The highest BCUT2D eigenvalue weighted by atomic mass is 16.6. The molecule has 0 saturated carbocycles. The quantitative estimate of drug-likeness (QED) is 0.0792.